The maximum absolute atomic E-state index is 12.8. The van der Waals surface area contributed by atoms with E-state index in [1.165, 1.54) is 12.0 Å². The first-order chi connectivity index (χ1) is 13.3. The molecule has 0 saturated carbocycles. The standard InChI is InChI=1S/C19H32IN3O5Si/c1-19(2,3)28-18(25)22-11-15-13(10-14(22)16(24)26-4)21-17(20)23(15)12-27-8-9-29(5,6)7/h14H,8-12H2,1-7H3/t14-/m0/s1. The van der Waals surface area contributed by atoms with Crippen molar-refractivity contribution in [2.24, 2.45) is 0 Å². The van der Waals surface area contributed by atoms with Crippen molar-refractivity contribution in [3.05, 3.63) is 15.2 Å². The van der Waals surface area contributed by atoms with E-state index in [0.717, 1.165) is 21.3 Å². The summed E-state index contributed by atoms with van der Waals surface area (Å²) in [6, 6.07) is 0.323. The van der Waals surface area contributed by atoms with Crippen LogP contribution in [0, 0.1) is 3.83 Å². The highest BCUT2D eigenvalue weighted by Gasteiger charge is 2.40. The monoisotopic (exact) mass is 537 g/mol. The molecule has 0 N–H and O–H groups in total. The van der Waals surface area contributed by atoms with Crippen molar-refractivity contribution in [1.29, 1.82) is 0 Å². The summed E-state index contributed by atoms with van der Waals surface area (Å²) >= 11 is 2.16. The van der Waals surface area contributed by atoms with Gasteiger partial charge >= 0.3 is 12.1 Å². The highest BCUT2D eigenvalue weighted by Crippen LogP contribution is 2.27. The number of aromatic nitrogens is 2. The van der Waals surface area contributed by atoms with Crippen LogP contribution in [0.25, 0.3) is 0 Å². The minimum Gasteiger partial charge on any atom is -0.467 e. The predicted molar refractivity (Wildman–Crippen MR) is 120 cm³/mol. The number of amides is 1. The zero-order chi connectivity index (χ0) is 22.0. The number of hydrogen-bond acceptors (Lipinski definition) is 6. The molecule has 1 aliphatic heterocycles. The lowest BCUT2D eigenvalue weighted by Gasteiger charge is -2.35. The van der Waals surface area contributed by atoms with Crippen molar-refractivity contribution in [3.63, 3.8) is 0 Å². The van der Waals surface area contributed by atoms with E-state index >= 15 is 0 Å². The Bertz CT molecular complexity index is 754. The first kappa shape index (κ1) is 24.1. The summed E-state index contributed by atoms with van der Waals surface area (Å²) in [4.78, 5) is 31.1. The van der Waals surface area contributed by atoms with E-state index in [2.05, 4.69) is 47.2 Å². The van der Waals surface area contributed by atoms with Crippen LogP contribution in [-0.2, 0) is 38.7 Å². The van der Waals surface area contributed by atoms with Crippen LogP contribution in [0.15, 0.2) is 0 Å². The van der Waals surface area contributed by atoms with Gasteiger partial charge in [0.1, 0.15) is 18.4 Å². The van der Waals surface area contributed by atoms with Crippen LogP contribution < -0.4 is 0 Å². The van der Waals surface area contributed by atoms with Crippen molar-refractivity contribution in [2.75, 3.05) is 13.7 Å². The van der Waals surface area contributed by atoms with Gasteiger partial charge in [-0.3, -0.25) is 9.47 Å². The van der Waals surface area contributed by atoms with Crippen LogP contribution in [0.3, 0.4) is 0 Å². The SMILES string of the molecule is COC(=O)[C@@H]1Cc2nc(I)n(COCC[Si](C)(C)C)c2CN1C(=O)OC(C)(C)C. The Morgan fingerprint density at radius 2 is 1.93 bits per heavy atom. The zero-order valence-corrected chi connectivity index (χ0v) is 21.5. The zero-order valence-electron chi connectivity index (χ0n) is 18.4. The fraction of sp³-hybridized carbons (Fsp3) is 0.737. The lowest BCUT2D eigenvalue weighted by atomic mass is 10.0. The third-order valence-electron chi connectivity index (χ3n) is 4.51. The number of carbonyl (C=O) groups excluding carboxylic acids is 2. The Morgan fingerprint density at radius 3 is 2.48 bits per heavy atom. The average Bonchev–Trinajstić information content (AvgIpc) is 2.89. The summed E-state index contributed by atoms with van der Waals surface area (Å²) in [5, 5.41) is 0. The molecule has 1 amide bonds. The Labute approximate surface area is 187 Å². The summed E-state index contributed by atoms with van der Waals surface area (Å²) in [7, 11) is 0.151. The molecule has 1 aromatic rings. The maximum Gasteiger partial charge on any atom is 0.411 e. The van der Waals surface area contributed by atoms with Crippen LogP contribution in [0.1, 0.15) is 32.2 Å². The smallest absolute Gasteiger partial charge is 0.411 e. The molecule has 164 valence electrons. The van der Waals surface area contributed by atoms with Gasteiger partial charge in [-0.25, -0.2) is 14.6 Å². The number of rotatable bonds is 6. The summed E-state index contributed by atoms with van der Waals surface area (Å²) < 4.78 is 19.1. The van der Waals surface area contributed by atoms with Gasteiger partial charge in [-0.15, -0.1) is 0 Å². The molecular formula is C19H32IN3O5Si. The van der Waals surface area contributed by atoms with Crippen LogP contribution in [0.4, 0.5) is 4.79 Å². The van der Waals surface area contributed by atoms with Crippen molar-refractivity contribution in [2.45, 2.75) is 77.8 Å². The van der Waals surface area contributed by atoms with E-state index in [4.69, 9.17) is 14.2 Å². The van der Waals surface area contributed by atoms with Crippen LogP contribution >= 0.6 is 22.6 Å². The van der Waals surface area contributed by atoms with Crippen molar-refractivity contribution >= 4 is 42.7 Å². The van der Waals surface area contributed by atoms with E-state index in [-0.39, 0.29) is 6.54 Å². The first-order valence-corrected chi connectivity index (χ1v) is 14.5. The largest absolute Gasteiger partial charge is 0.467 e. The number of esters is 1. The van der Waals surface area contributed by atoms with E-state index in [1.807, 2.05) is 4.57 Å². The minimum atomic E-state index is -1.17. The predicted octanol–water partition coefficient (Wildman–Crippen LogP) is 3.63. The Morgan fingerprint density at radius 1 is 1.28 bits per heavy atom. The molecule has 0 aliphatic carbocycles. The molecule has 2 heterocycles. The molecule has 0 saturated heterocycles. The van der Waals surface area contributed by atoms with Crippen molar-refractivity contribution in [1.82, 2.24) is 14.5 Å². The summed E-state index contributed by atoms with van der Waals surface area (Å²) in [6.07, 6.45) is -0.250. The molecule has 0 unspecified atom stereocenters. The number of halogens is 1. The lowest BCUT2D eigenvalue weighted by molar-refractivity contribution is -0.147. The normalized spacial score (nSPS) is 17.1. The van der Waals surface area contributed by atoms with Gasteiger partial charge in [0.25, 0.3) is 0 Å². The Balaban J connectivity index is 2.22. The highest BCUT2D eigenvalue weighted by atomic mass is 127. The van der Waals surface area contributed by atoms with Crippen LogP contribution in [0.5, 0.6) is 0 Å². The molecular weight excluding hydrogens is 505 g/mol. The number of hydrogen-bond donors (Lipinski definition) is 0. The number of methoxy groups -OCH3 is 1. The van der Waals surface area contributed by atoms with Crippen molar-refractivity contribution < 1.29 is 23.8 Å². The molecule has 29 heavy (non-hydrogen) atoms. The number of carbonyl (C=O) groups is 2. The molecule has 0 fully saturated rings. The number of nitrogens with zero attached hydrogens (tertiary/aromatic N) is 3. The van der Waals surface area contributed by atoms with Gasteiger partial charge in [0.15, 0.2) is 3.83 Å². The van der Waals surface area contributed by atoms with E-state index in [1.54, 1.807) is 20.8 Å². The molecule has 0 radical (unpaired) electrons. The Hall–Kier alpha value is -1.14. The quantitative estimate of drug-likeness (QED) is 0.239. The van der Waals surface area contributed by atoms with E-state index in [9.17, 15) is 9.59 Å². The molecule has 0 spiro atoms. The van der Waals surface area contributed by atoms with Gasteiger partial charge in [0.2, 0.25) is 0 Å². The van der Waals surface area contributed by atoms with E-state index in [0.29, 0.717) is 19.8 Å². The van der Waals surface area contributed by atoms with E-state index < -0.39 is 31.8 Å². The third kappa shape index (κ3) is 6.68. The fourth-order valence-electron chi connectivity index (χ4n) is 2.93. The summed E-state index contributed by atoms with van der Waals surface area (Å²) in [6.45, 7) is 13.6. The molecule has 1 aromatic heterocycles. The maximum atomic E-state index is 12.8. The second-order valence-electron chi connectivity index (χ2n) is 9.40. The Kier molecular flexibility index (Phi) is 7.77. The molecule has 0 aromatic carbocycles. The average molecular weight is 537 g/mol. The second-order valence-corrected chi connectivity index (χ2v) is 16.0. The molecule has 10 heteroatoms. The minimum absolute atomic E-state index is 0.220. The van der Waals surface area contributed by atoms with Gasteiger partial charge in [-0.1, -0.05) is 19.6 Å². The number of fused-ring (bicyclic) bond motifs is 1. The summed E-state index contributed by atoms with van der Waals surface area (Å²) in [5.41, 5.74) is 0.999. The van der Waals surface area contributed by atoms with Gasteiger partial charge in [-0.2, -0.15) is 0 Å². The molecule has 1 aliphatic rings. The van der Waals surface area contributed by atoms with Crippen molar-refractivity contribution in [3.8, 4) is 0 Å². The lowest BCUT2D eigenvalue weighted by Crippen LogP contribution is -2.51. The van der Waals surface area contributed by atoms with Crippen LogP contribution in [-0.4, -0.2) is 59.9 Å². The third-order valence-corrected chi connectivity index (χ3v) is 7.04. The summed E-state index contributed by atoms with van der Waals surface area (Å²) in [5.74, 6) is -0.475. The fourth-order valence-corrected chi connectivity index (χ4v) is 4.41. The van der Waals surface area contributed by atoms with Gasteiger partial charge in [0.05, 0.1) is 25.0 Å². The topological polar surface area (TPSA) is 82.9 Å². The molecule has 1 atom stereocenters. The molecule has 0 bridgehead atoms. The van der Waals surface area contributed by atoms with Gasteiger partial charge in [-0.05, 0) is 26.8 Å². The highest BCUT2D eigenvalue weighted by molar-refractivity contribution is 14.1. The first-order valence-electron chi connectivity index (χ1n) is 9.71. The van der Waals surface area contributed by atoms with Gasteiger partial charge < -0.3 is 14.2 Å². The van der Waals surface area contributed by atoms with Gasteiger partial charge in [0, 0.05) is 43.7 Å². The molecule has 8 nitrogen and oxygen atoms in total. The molecule has 2 rings (SSSR count). The number of ether oxygens (including phenoxy) is 3. The van der Waals surface area contributed by atoms with Crippen LogP contribution in [0.2, 0.25) is 25.7 Å². The number of imidazole rings is 1. The second kappa shape index (κ2) is 9.34.